The van der Waals surface area contributed by atoms with Crippen LogP contribution in [0, 0.1) is 17.7 Å². The van der Waals surface area contributed by atoms with E-state index in [4.69, 9.17) is 16.2 Å². The van der Waals surface area contributed by atoms with Crippen molar-refractivity contribution in [1.29, 1.82) is 0 Å². The number of pyridine rings is 1. The number of rotatable bonds is 5. The first-order valence-electron chi connectivity index (χ1n) is 9.62. The molecule has 0 saturated carbocycles. The first kappa shape index (κ1) is 21.2. The van der Waals surface area contributed by atoms with Gasteiger partial charge in [0.15, 0.2) is 5.82 Å². The maximum Gasteiger partial charge on any atom is 0.343 e. The van der Waals surface area contributed by atoms with Crippen molar-refractivity contribution in [2.45, 2.75) is 25.8 Å². The van der Waals surface area contributed by atoms with Crippen molar-refractivity contribution in [3.8, 4) is 11.8 Å². The van der Waals surface area contributed by atoms with E-state index in [2.05, 4.69) is 26.8 Å². The lowest BCUT2D eigenvalue weighted by Gasteiger charge is -2.27. The molecule has 8 nitrogen and oxygen atoms in total. The molecule has 0 bridgehead atoms. The van der Waals surface area contributed by atoms with Gasteiger partial charge in [-0.15, -0.1) is 0 Å². The molecular weight excluding hydrogens is 387 g/mol. The minimum absolute atomic E-state index is 0.0800. The molecule has 0 aliphatic carbocycles. The molecule has 1 saturated heterocycles. The molecule has 0 radical (unpaired) electrons. The van der Waals surface area contributed by atoms with Gasteiger partial charge in [-0.1, -0.05) is 5.92 Å². The second-order valence-corrected chi connectivity index (χ2v) is 6.49. The van der Waals surface area contributed by atoms with Crippen LogP contribution in [0.4, 0.5) is 10.2 Å². The Labute approximate surface area is 174 Å². The molecule has 4 N–H and O–H groups in total. The van der Waals surface area contributed by atoms with E-state index in [1.807, 2.05) is 4.90 Å². The summed E-state index contributed by atoms with van der Waals surface area (Å²) < 4.78 is 19.0. The van der Waals surface area contributed by atoms with Crippen LogP contribution >= 0.6 is 0 Å². The highest BCUT2D eigenvalue weighted by molar-refractivity contribution is 6.15. The number of nitrogens with two attached hydrogens (primary N) is 2. The SMILES string of the molecule is CCOC(=O)C(=CN)c1nccc(N2CCCC2c2cc(F)cnc2C#CCN)n1. The Morgan fingerprint density at radius 3 is 3.03 bits per heavy atom. The number of halogens is 1. The quantitative estimate of drug-likeness (QED) is 0.433. The van der Waals surface area contributed by atoms with Crippen LogP contribution in [0.15, 0.2) is 30.7 Å². The molecule has 2 aromatic rings. The Kier molecular flexibility index (Phi) is 6.93. The predicted molar refractivity (Wildman–Crippen MR) is 110 cm³/mol. The van der Waals surface area contributed by atoms with Crippen molar-refractivity contribution >= 4 is 17.4 Å². The standard InChI is InChI=1S/C21H23FN6O2/c1-2-30-21(29)16(12-24)20-25-9-7-19(27-20)28-10-4-6-18(28)15-11-14(22)13-26-17(15)5-3-8-23/h7,9,11-13,18H,2,4,6,8,10,23-24H2,1H3. The molecule has 1 aliphatic heterocycles. The van der Waals surface area contributed by atoms with Crippen LogP contribution in [0.2, 0.25) is 0 Å². The monoisotopic (exact) mass is 410 g/mol. The van der Waals surface area contributed by atoms with Crippen LogP contribution in [0.3, 0.4) is 0 Å². The van der Waals surface area contributed by atoms with Gasteiger partial charge in [0, 0.05) is 24.5 Å². The van der Waals surface area contributed by atoms with Crippen molar-refractivity contribution in [3.05, 3.63) is 53.6 Å². The molecule has 9 heteroatoms. The fraction of sp³-hybridized carbons (Fsp3) is 0.333. The Balaban J connectivity index is 1.98. The summed E-state index contributed by atoms with van der Waals surface area (Å²) in [6.45, 7) is 2.80. The maximum atomic E-state index is 14.0. The Morgan fingerprint density at radius 1 is 1.47 bits per heavy atom. The number of hydrogen-bond donors (Lipinski definition) is 2. The minimum atomic E-state index is -0.594. The summed E-state index contributed by atoms with van der Waals surface area (Å²) in [7, 11) is 0. The molecule has 2 aromatic heterocycles. The third-order valence-corrected chi connectivity index (χ3v) is 4.64. The van der Waals surface area contributed by atoms with Crippen LogP contribution in [-0.4, -0.2) is 40.6 Å². The third-order valence-electron chi connectivity index (χ3n) is 4.64. The van der Waals surface area contributed by atoms with Gasteiger partial charge in [0.25, 0.3) is 0 Å². The molecule has 3 rings (SSSR count). The Bertz CT molecular complexity index is 1010. The Morgan fingerprint density at radius 2 is 2.30 bits per heavy atom. The molecule has 0 spiro atoms. The molecule has 1 aliphatic rings. The van der Waals surface area contributed by atoms with Gasteiger partial charge in [0.05, 0.1) is 25.4 Å². The van der Waals surface area contributed by atoms with Gasteiger partial charge in [-0.2, -0.15) is 0 Å². The zero-order valence-electron chi connectivity index (χ0n) is 16.6. The Hall–Kier alpha value is -3.51. The molecular formula is C21H23FN6O2. The number of ether oxygens (including phenoxy) is 1. The third kappa shape index (κ3) is 4.55. The summed E-state index contributed by atoms with van der Waals surface area (Å²) in [5.74, 6) is 5.42. The van der Waals surface area contributed by atoms with Crippen LogP contribution in [-0.2, 0) is 9.53 Å². The smallest absolute Gasteiger partial charge is 0.343 e. The second-order valence-electron chi connectivity index (χ2n) is 6.49. The largest absolute Gasteiger partial charge is 0.462 e. The number of carbonyl (C=O) groups excluding carboxylic acids is 1. The van der Waals surface area contributed by atoms with Crippen LogP contribution in [0.1, 0.15) is 42.9 Å². The van der Waals surface area contributed by atoms with Crippen molar-refractivity contribution < 1.29 is 13.9 Å². The minimum Gasteiger partial charge on any atom is -0.462 e. The molecule has 1 fully saturated rings. The van der Waals surface area contributed by atoms with Crippen molar-refractivity contribution in [2.75, 3.05) is 24.6 Å². The lowest BCUT2D eigenvalue weighted by molar-refractivity contribution is -0.136. The van der Waals surface area contributed by atoms with E-state index in [-0.39, 0.29) is 30.6 Å². The summed E-state index contributed by atoms with van der Waals surface area (Å²) in [4.78, 5) is 27.0. The highest BCUT2D eigenvalue weighted by Crippen LogP contribution is 2.36. The number of carbonyl (C=O) groups is 1. The molecule has 156 valence electrons. The molecule has 3 heterocycles. The summed E-state index contributed by atoms with van der Waals surface area (Å²) in [5.41, 5.74) is 12.3. The van der Waals surface area contributed by atoms with E-state index in [0.29, 0.717) is 23.6 Å². The highest BCUT2D eigenvalue weighted by atomic mass is 19.1. The van der Waals surface area contributed by atoms with E-state index in [0.717, 1.165) is 25.2 Å². The van der Waals surface area contributed by atoms with Gasteiger partial charge < -0.3 is 21.1 Å². The fourth-order valence-corrected chi connectivity index (χ4v) is 3.39. The van der Waals surface area contributed by atoms with Crippen molar-refractivity contribution in [2.24, 2.45) is 11.5 Å². The summed E-state index contributed by atoms with van der Waals surface area (Å²) in [6.07, 6.45) is 5.48. The lowest BCUT2D eigenvalue weighted by Crippen LogP contribution is -2.25. The average Bonchev–Trinajstić information content (AvgIpc) is 3.23. The van der Waals surface area contributed by atoms with Gasteiger partial charge in [0.2, 0.25) is 0 Å². The van der Waals surface area contributed by atoms with E-state index in [1.54, 1.807) is 19.2 Å². The number of anilines is 1. The number of esters is 1. The topological polar surface area (TPSA) is 120 Å². The number of nitrogens with zero attached hydrogens (tertiary/aromatic N) is 4. The van der Waals surface area contributed by atoms with Gasteiger partial charge >= 0.3 is 5.97 Å². The van der Waals surface area contributed by atoms with Crippen LogP contribution in [0.5, 0.6) is 0 Å². The van der Waals surface area contributed by atoms with Gasteiger partial charge in [-0.25, -0.2) is 24.1 Å². The van der Waals surface area contributed by atoms with Crippen LogP contribution < -0.4 is 16.4 Å². The zero-order chi connectivity index (χ0) is 21.5. The number of aromatic nitrogens is 3. The van der Waals surface area contributed by atoms with E-state index in [1.165, 1.54) is 6.07 Å². The van der Waals surface area contributed by atoms with Gasteiger partial charge in [-0.05, 0) is 37.8 Å². The van der Waals surface area contributed by atoms with E-state index in [9.17, 15) is 9.18 Å². The second kappa shape index (κ2) is 9.80. The van der Waals surface area contributed by atoms with Crippen molar-refractivity contribution in [3.63, 3.8) is 0 Å². The predicted octanol–water partition coefficient (Wildman–Crippen LogP) is 1.53. The first-order valence-corrected chi connectivity index (χ1v) is 9.62. The maximum absolute atomic E-state index is 14.0. The average molecular weight is 410 g/mol. The summed E-state index contributed by atoms with van der Waals surface area (Å²) in [5, 5.41) is 0. The summed E-state index contributed by atoms with van der Waals surface area (Å²) >= 11 is 0. The summed E-state index contributed by atoms with van der Waals surface area (Å²) in [6, 6.07) is 3.01. The van der Waals surface area contributed by atoms with Gasteiger partial charge in [0.1, 0.15) is 22.9 Å². The normalized spacial score (nSPS) is 16.2. The molecule has 1 atom stereocenters. The van der Waals surface area contributed by atoms with Crippen molar-refractivity contribution in [1.82, 2.24) is 15.0 Å². The van der Waals surface area contributed by atoms with Gasteiger partial charge in [-0.3, -0.25) is 0 Å². The van der Waals surface area contributed by atoms with E-state index < -0.39 is 11.8 Å². The molecule has 0 aromatic carbocycles. The van der Waals surface area contributed by atoms with Crippen LogP contribution in [0.25, 0.3) is 5.57 Å². The zero-order valence-corrected chi connectivity index (χ0v) is 16.6. The van der Waals surface area contributed by atoms with E-state index >= 15 is 0 Å². The molecule has 0 amide bonds. The lowest BCUT2D eigenvalue weighted by atomic mass is 10.0. The first-order chi connectivity index (χ1) is 14.6. The highest BCUT2D eigenvalue weighted by Gasteiger charge is 2.30. The molecule has 1 unspecified atom stereocenters. The molecule has 30 heavy (non-hydrogen) atoms. The fourth-order valence-electron chi connectivity index (χ4n) is 3.39. The number of hydrogen-bond acceptors (Lipinski definition) is 8.